The van der Waals surface area contributed by atoms with E-state index >= 15 is 0 Å². The summed E-state index contributed by atoms with van der Waals surface area (Å²) in [5.74, 6) is 0.517. The van der Waals surface area contributed by atoms with Crippen LogP contribution < -0.4 is 4.74 Å². The number of rotatable bonds is 10. The quantitative estimate of drug-likeness (QED) is 0.278. The Morgan fingerprint density at radius 3 is 2.29 bits per heavy atom. The molecule has 31 heavy (non-hydrogen) atoms. The van der Waals surface area contributed by atoms with E-state index in [1.54, 1.807) is 12.1 Å². The number of hydrogen-bond donors (Lipinski definition) is 1. The molecule has 160 valence electrons. The van der Waals surface area contributed by atoms with Gasteiger partial charge in [0.15, 0.2) is 0 Å². The molecule has 3 aromatic carbocycles. The van der Waals surface area contributed by atoms with Crippen LogP contribution in [-0.4, -0.2) is 17.8 Å². The van der Waals surface area contributed by atoms with Crippen LogP contribution in [0.1, 0.15) is 31.7 Å². The van der Waals surface area contributed by atoms with E-state index in [2.05, 4.69) is 18.7 Å². The standard InChI is InChI=1S/C28H29FO2/c1-3-19-31-26-16-13-23(14-17-26)25-15-18-27(28(29)20-25)24-11-9-22(10-12-24)8-6-4-5-7-21(2)30/h3,6,8-18,20-21,30H,1,4-5,7,19H2,2H3/b8-6+. The molecule has 0 spiro atoms. The largest absolute Gasteiger partial charge is 0.490 e. The lowest BCUT2D eigenvalue weighted by Gasteiger charge is -2.09. The summed E-state index contributed by atoms with van der Waals surface area (Å²) in [5.41, 5.74) is 4.28. The van der Waals surface area contributed by atoms with Crippen LogP contribution >= 0.6 is 0 Å². The average Bonchev–Trinajstić information content (AvgIpc) is 2.78. The van der Waals surface area contributed by atoms with Crippen molar-refractivity contribution in [1.29, 1.82) is 0 Å². The Morgan fingerprint density at radius 2 is 1.65 bits per heavy atom. The third kappa shape index (κ3) is 6.66. The molecule has 0 fully saturated rings. The fourth-order valence-corrected chi connectivity index (χ4v) is 3.35. The normalized spacial score (nSPS) is 12.1. The summed E-state index contributed by atoms with van der Waals surface area (Å²) >= 11 is 0. The van der Waals surface area contributed by atoms with Gasteiger partial charge in [-0.15, -0.1) is 0 Å². The zero-order chi connectivity index (χ0) is 22.1. The number of hydrogen-bond acceptors (Lipinski definition) is 2. The fourth-order valence-electron chi connectivity index (χ4n) is 3.35. The molecule has 3 heteroatoms. The van der Waals surface area contributed by atoms with Crippen molar-refractivity contribution in [3.8, 4) is 28.0 Å². The van der Waals surface area contributed by atoms with E-state index in [9.17, 15) is 9.50 Å². The summed E-state index contributed by atoms with van der Waals surface area (Å²) in [6, 6.07) is 20.8. The number of ether oxygens (including phenoxy) is 1. The Morgan fingerprint density at radius 1 is 0.968 bits per heavy atom. The van der Waals surface area contributed by atoms with Crippen molar-refractivity contribution in [2.45, 2.75) is 32.3 Å². The highest BCUT2D eigenvalue weighted by atomic mass is 19.1. The lowest BCUT2D eigenvalue weighted by Crippen LogP contribution is -1.97. The Hall–Kier alpha value is -3.17. The second kappa shape index (κ2) is 11.3. The van der Waals surface area contributed by atoms with Gasteiger partial charge in [-0.25, -0.2) is 4.39 Å². The van der Waals surface area contributed by atoms with E-state index in [0.29, 0.717) is 12.2 Å². The molecule has 0 amide bonds. The maximum atomic E-state index is 14.9. The highest BCUT2D eigenvalue weighted by Gasteiger charge is 2.08. The van der Waals surface area contributed by atoms with Crippen molar-refractivity contribution in [3.05, 3.63) is 96.8 Å². The van der Waals surface area contributed by atoms with Gasteiger partial charge >= 0.3 is 0 Å². The number of aliphatic hydroxyl groups is 1. The van der Waals surface area contributed by atoms with Crippen molar-refractivity contribution >= 4 is 6.08 Å². The van der Waals surface area contributed by atoms with E-state index in [0.717, 1.165) is 47.3 Å². The number of benzene rings is 3. The molecule has 0 saturated heterocycles. The van der Waals surface area contributed by atoms with E-state index in [1.165, 1.54) is 0 Å². The molecule has 0 aromatic heterocycles. The third-order valence-electron chi connectivity index (χ3n) is 5.05. The molecular weight excluding hydrogens is 387 g/mol. The molecule has 0 aliphatic rings. The zero-order valence-electron chi connectivity index (χ0n) is 17.9. The van der Waals surface area contributed by atoms with E-state index in [-0.39, 0.29) is 11.9 Å². The number of halogens is 1. The second-order valence-corrected chi connectivity index (χ2v) is 7.62. The van der Waals surface area contributed by atoms with E-state index in [1.807, 2.05) is 67.6 Å². The van der Waals surface area contributed by atoms with Gasteiger partial charge in [0.2, 0.25) is 0 Å². The zero-order valence-corrected chi connectivity index (χ0v) is 17.9. The van der Waals surface area contributed by atoms with Crippen LogP contribution in [-0.2, 0) is 0 Å². The third-order valence-corrected chi connectivity index (χ3v) is 5.05. The molecule has 0 aliphatic heterocycles. The number of aliphatic hydroxyl groups excluding tert-OH is 1. The van der Waals surface area contributed by atoms with Gasteiger partial charge in [0.25, 0.3) is 0 Å². The summed E-state index contributed by atoms with van der Waals surface area (Å²) < 4.78 is 20.3. The van der Waals surface area contributed by atoms with Gasteiger partial charge in [-0.2, -0.15) is 0 Å². The lowest BCUT2D eigenvalue weighted by molar-refractivity contribution is 0.182. The van der Waals surface area contributed by atoms with Crippen molar-refractivity contribution in [3.63, 3.8) is 0 Å². The Kier molecular flexibility index (Phi) is 8.19. The van der Waals surface area contributed by atoms with Crippen LogP contribution in [0.4, 0.5) is 4.39 Å². The number of allylic oxidation sites excluding steroid dienone is 1. The van der Waals surface area contributed by atoms with Crippen LogP contribution in [0, 0.1) is 5.82 Å². The first-order valence-corrected chi connectivity index (χ1v) is 10.7. The van der Waals surface area contributed by atoms with Crippen LogP contribution in [0.3, 0.4) is 0 Å². The van der Waals surface area contributed by atoms with Gasteiger partial charge in [-0.1, -0.05) is 73.3 Å². The van der Waals surface area contributed by atoms with Crippen LogP contribution in [0.25, 0.3) is 28.3 Å². The topological polar surface area (TPSA) is 29.5 Å². The summed E-state index contributed by atoms with van der Waals surface area (Å²) in [6.45, 7) is 5.90. The molecule has 3 rings (SSSR count). The van der Waals surface area contributed by atoms with Gasteiger partial charge in [-0.3, -0.25) is 0 Å². The summed E-state index contributed by atoms with van der Waals surface area (Å²) in [7, 11) is 0. The van der Waals surface area contributed by atoms with Crippen molar-refractivity contribution in [2.24, 2.45) is 0 Å². The minimum absolute atomic E-state index is 0.245. The first-order valence-electron chi connectivity index (χ1n) is 10.7. The fraction of sp³-hybridized carbons (Fsp3) is 0.214. The van der Waals surface area contributed by atoms with Gasteiger partial charge < -0.3 is 9.84 Å². The molecule has 0 bridgehead atoms. The van der Waals surface area contributed by atoms with Crippen molar-refractivity contribution in [2.75, 3.05) is 6.61 Å². The first-order chi connectivity index (χ1) is 15.1. The van der Waals surface area contributed by atoms with Gasteiger partial charge in [-0.05, 0) is 66.6 Å². The highest BCUT2D eigenvalue weighted by molar-refractivity contribution is 5.72. The number of unbranched alkanes of at least 4 members (excludes halogenated alkanes) is 1. The predicted octanol–water partition coefficient (Wildman–Crippen LogP) is 7.29. The van der Waals surface area contributed by atoms with Crippen molar-refractivity contribution in [1.82, 2.24) is 0 Å². The molecule has 1 atom stereocenters. The Labute approximate surface area is 184 Å². The minimum Gasteiger partial charge on any atom is -0.490 e. The van der Waals surface area contributed by atoms with E-state index < -0.39 is 0 Å². The molecular formula is C28H29FO2. The monoisotopic (exact) mass is 416 g/mol. The molecule has 3 aromatic rings. The minimum atomic E-state index is -0.246. The summed E-state index contributed by atoms with van der Waals surface area (Å²) in [4.78, 5) is 0. The van der Waals surface area contributed by atoms with Crippen LogP contribution in [0.5, 0.6) is 5.75 Å². The predicted molar refractivity (Wildman–Crippen MR) is 128 cm³/mol. The van der Waals surface area contributed by atoms with Gasteiger partial charge in [0.05, 0.1) is 6.10 Å². The van der Waals surface area contributed by atoms with E-state index in [4.69, 9.17) is 4.74 Å². The molecule has 0 aliphatic carbocycles. The summed E-state index contributed by atoms with van der Waals surface area (Å²) in [5, 5.41) is 9.29. The summed E-state index contributed by atoms with van der Waals surface area (Å²) in [6.07, 6.45) is 8.34. The average molecular weight is 417 g/mol. The van der Waals surface area contributed by atoms with Gasteiger partial charge in [0, 0.05) is 5.56 Å². The smallest absolute Gasteiger partial charge is 0.131 e. The molecule has 2 nitrogen and oxygen atoms in total. The SMILES string of the molecule is C=CCOc1ccc(-c2ccc(-c3ccc(/C=C/CCCC(C)O)cc3)c(F)c2)cc1. The molecule has 0 radical (unpaired) electrons. The molecule has 1 N–H and O–H groups in total. The van der Waals surface area contributed by atoms with Crippen molar-refractivity contribution < 1.29 is 14.2 Å². The lowest BCUT2D eigenvalue weighted by atomic mass is 9.98. The molecule has 1 unspecified atom stereocenters. The van der Waals surface area contributed by atoms with Crippen LogP contribution in [0.2, 0.25) is 0 Å². The highest BCUT2D eigenvalue weighted by Crippen LogP contribution is 2.29. The van der Waals surface area contributed by atoms with Crippen LogP contribution in [0.15, 0.2) is 85.5 Å². The second-order valence-electron chi connectivity index (χ2n) is 7.62. The maximum Gasteiger partial charge on any atom is 0.131 e. The maximum absolute atomic E-state index is 14.9. The first kappa shape index (κ1) is 22.5. The molecule has 0 saturated carbocycles. The Bertz CT molecular complexity index is 1000. The van der Waals surface area contributed by atoms with Gasteiger partial charge in [0.1, 0.15) is 18.2 Å². The Balaban J connectivity index is 1.67. The molecule has 0 heterocycles.